The van der Waals surface area contributed by atoms with Crippen molar-refractivity contribution in [2.24, 2.45) is 0 Å². The maximum atomic E-state index is 12.9. The summed E-state index contributed by atoms with van der Waals surface area (Å²) in [6.07, 6.45) is 1.40. The predicted molar refractivity (Wildman–Crippen MR) is 113 cm³/mol. The fourth-order valence-corrected chi connectivity index (χ4v) is 3.98. The molecule has 0 bridgehead atoms. The summed E-state index contributed by atoms with van der Waals surface area (Å²) in [5.74, 6) is -2.00. The van der Waals surface area contributed by atoms with E-state index in [1.807, 2.05) is 0 Å². The lowest BCUT2D eigenvalue weighted by Gasteiger charge is -2.15. The van der Waals surface area contributed by atoms with Gasteiger partial charge in [-0.05, 0) is 42.0 Å². The largest absolute Gasteiger partial charge is 0.865 e. The number of nitrogens with zero attached hydrogens (tertiary/aromatic N) is 2. The number of nitro benzene ring substituents is 1. The van der Waals surface area contributed by atoms with E-state index >= 15 is 0 Å². The molecule has 0 unspecified atom stereocenters. The maximum Gasteiger partial charge on any atom is 0.337 e. The van der Waals surface area contributed by atoms with Crippen molar-refractivity contribution < 1.29 is 29.1 Å². The van der Waals surface area contributed by atoms with Gasteiger partial charge in [0.1, 0.15) is 5.75 Å². The van der Waals surface area contributed by atoms with Crippen LogP contribution in [0.5, 0.6) is 11.5 Å². The third-order valence-electron chi connectivity index (χ3n) is 4.11. The summed E-state index contributed by atoms with van der Waals surface area (Å²) in [5.41, 5.74) is 0.362. The van der Waals surface area contributed by atoms with Crippen LogP contribution in [0, 0.1) is 10.1 Å². The minimum absolute atomic E-state index is 0.204. The highest BCUT2D eigenvalue weighted by Gasteiger charge is 2.33. The highest BCUT2D eigenvalue weighted by atomic mass is 32.2. The first-order valence-electron chi connectivity index (χ1n) is 8.26. The number of hydrogen-bond donors (Lipinski definition) is 0. The number of carbonyl (C=O) groups is 2. The standard InChI is InChI=1S/C19H14N2O7S2/c1-27-14-8-10(7-13(16(14)22)21(25)26)9-15-17(23)20(19(29)30-15)12-5-3-11(4-6-12)18(24)28-2/h3-9,22H,1-2H3/p-1. The van der Waals surface area contributed by atoms with E-state index in [0.29, 0.717) is 11.3 Å². The van der Waals surface area contributed by atoms with Gasteiger partial charge >= 0.3 is 5.97 Å². The van der Waals surface area contributed by atoms with Crippen molar-refractivity contribution in [3.63, 3.8) is 0 Å². The highest BCUT2D eigenvalue weighted by Crippen LogP contribution is 2.39. The lowest BCUT2D eigenvalue weighted by Crippen LogP contribution is -2.27. The van der Waals surface area contributed by atoms with Gasteiger partial charge < -0.3 is 14.6 Å². The summed E-state index contributed by atoms with van der Waals surface area (Å²) in [5, 5.41) is 23.1. The van der Waals surface area contributed by atoms with Crippen LogP contribution in [0.3, 0.4) is 0 Å². The van der Waals surface area contributed by atoms with Gasteiger partial charge in [0.25, 0.3) is 11.6 Å². The number of carbonyl (C=O) groups excluding carboxylic acids is 2. The lowest BCUT2D eigenvalue weighted by molar-refractivity contribution is -0.398. The van der Waals surface area contributed by atoms with Gasteiger partial charge in [0.2, 0.25) is 0 Å². The molecule has 0 saturated carbocycles. The second-order valence-electron chi connectivity index (χ2n) is 5.88. The molecule has 1 aliphatic heterocycles. The van der Waals surface area contributed by atoms with E-state index in [9.17, 15) is 24.8 Å². The quantitative estimate of drug-likeness (QED) is 0.225. The SMILES string of the molecule is COC(=O)c1ccc(N2C(=O)C(=Cc3cc(OC)c([O-])c([N+](=O)[O-])c3)SC2=S)cc1. The summed E-state index contributed by atoms with van der Waals surface area (Å²) < 4.78 is 9.80. The molecule has 0 radical (unpaired) electrons. The summed E-state index contributed by atoms with van der Waals surface area (Å²) in [7, 11) is 2.49. The molecule has 30 heavy (non-hydrogen) atoms. The van der Waals surface area contributed by atoms with Crippen LogP contribution in [0.15, 0.2) is 41.3 Å². The molecule has 2 aromatic carbocycles. The molecule has 9 nitrogen and oxygen atoms in total. The first-order valence-corrected chi connectivity index (χ1v) is 9.49. The van der Waals surface area contributed by atoms with Crippen LogP contribution >= 0.6 is 24.0 Å². The number of nitro groups is 1. The van der Waals surface area contributed by atoms with Crippen molar-refractivity contribution in [2.75, 3.05) is 19.1 Å². The molecule has 1 heterocycles. The second kappa shape index (κ2) is 8.51. The Morgan fingerprint density at radius 1 is 1.23 bits per heavy atom. The van der Waals surface area contributed by atoms with Crippen LogP contribution < -0.4 is 14.7 Å². The molecule has 1 fully saturated rings. The number of anilines is 1. The Morgan fingerprint density at radius 3 is 2.47 bits per heavy atom. The molecule has 0 spiro atoms. The molecular formula is C19H13N2O7S2-. The van der Waals surface area contributed by atoms with E-state index in [4.69, 9.17) is 17.0 Å². The molecule has 2 aromatic rings. The Balaban J connectivity index is 1.95. The molecule has 0 aliphatic carbocycles. The molecule has 0 aromatic heterocycles. The van der Waals surface area contributed by atoms with Crippen LogP contribution in [0.2, 0.25) is 0 Å². The number of hydrogen-bond acceptors (Lipinski definition) is 9. The molecule has 3 rings (SSSR count). The van der Waals surface area contributed by atoms with Gasteiger partial charge in [0.15, 0.2) is 4.32 Å². The van der Waals surface area contributed by atoms with Gasteiger partial charge in [-0.25, -0.2) is 4.79 Å². The average Bonchev–Trinajstić information content (AvgIpc) is 3.01. The van der Waals surface area contributed by atoms with Gasteiger partial charge in [0.05, 0.1) is 35.3 Å². The topological polar surface area (TPSA) is 122 Å². The molecule has 0 atom stereocenters. The Morgan fingerprint density at radius 2 is 1.90 bits per heavy atom. The van der Waals surface area contributed by atoms with Gasteiger partial charge in [-0.2, -0.15) is 0 Å². The predicted octanol–water partition coefficient (Wildman–Crippen LogP) is 2.87. The highest BCUT2D eigenvalue weighted by molar-refractivity contribution is 8.27. The zero-order chi connectivity index (χ0) is 22.0. The fraction of sp³-hybridized carbons (Fsp3) is 0.105. The maximum absolute atomic E-state index is 12.9. The summed E-state index contributed by atoms with van der Waals surface area (Å²) in [6, 6.07) is 8.50. The number of rotatable bonds is 5. The minimum atomic E-state index is -0.849. The molecule has 1 saturated heterocycles. The van der Waals surface area contributed by atoms with Gasteiger partial charge in [0, 0.05) is 11.8 Å². The number of benzene rings is 2. The van der Waals surface area contributed by atoms with Crippen LogP contribution in [0.1, 0.15) is 15.9 Å². The molecule has 0 N–H and O–H groups in total. The molecular weight excluding hydrogens is 432 g/mol. The number of thiocarbonyl (C=S) groups is 1. The van der Waals surface area contributed by atoms with Gasteiger partial charge in [-0.15, -0.1) is 0 Å². The molecule has 1 amide bonds. The first kappa shape index (κ1) is 21.3. The van der Waals surface area contributed by atoms with Crippen molar-refractivity contribution in [3.05, 3.63) is 62.5 Å². The third kappa shape index (κ3) is 3.98. The van der Waals surface area contributed by atoms with E-state index in [1.165, 1.54) is 43.4 Å². The smallest absolute Gasteiger partial charge is 0.337 e. The van der Waals surface area contributed by atoms with E-state index in [2.05, 4.69) is 4.74 Å². The summed E-state index contributed by atoms with van der Waals surface area (Å²) in [6.45, 7) is 0. The zero-order valence-electron chi connectivity index (χ0n) is 15.6. The number of esters is 1. The van der Waals surface area contributed by atoms with Crippen molar-refractivity contribution in [1.29, 1.82) is 0 Å². The average molecular weight is 445 g/mol. The normalized spacial score (nSPS) is 14.9. The van der Waals surface area contributed by atoms with Gasteiger partial charge in [-0.3, -0.25) is 19.8 Å². The Kier molecular flexibility index (Phi) is 6.04. The van der Waals surface area contributed by atoms with Crippen molar-refractivity contribution in [3.8, 4) is 11.5 Å². The zero-order valence-corrected chi connectivity index (χ0v) is 17.2. The van der Waals surface area contributed by atoms with E-state index < -0.39 is 28.2 Å². The summed E-state index contributed by atoms with van der Waals surface area (Å²) >= 11 is 6.30. The van der Waals surface area contributed by atoms with Crippen LogP contribution in [0.25, 0.3) is 6.08 Å². The molecule has 1 aliphatic rings. The Labute approximate surface area is 180 Å². The Hall–Kier alpha value is -3.44. The molecule has 154 valence electrons. The van der Waals surface area contributed by atoms with Crippen molar-refractivity contribution >= 4 is 57.6 Å². The number of amides is 1. The monoisotopic (exact) mass is 445 g/mol. The van der Waals surface area contributed by atoms with Crippen LogP contribution in [-0.2, 0) is 9.53 Å². The fourth-order valence-electron chi connectivity index (χ4n) is 2.68. The van der Waals surface area contributed by atoms with Gasteiger partial charge in [-0.1, -0.05) is 24.0 Å². The first-order chi connectivity index (χ1) is 14.3. The van der Waals surface area contributed by atoms with Crippen LogP contribution in [-0.4, -0.2) is 35.3 Å². The minimum Gasteiger partial charge on any atom is -0.865 e. The van der Waals surface area contributed by atoms with Crippen molar-refractivity contribution in [2.45, 2.75) is 0 Å². The lowest BCUT2D eigenvalue weighted by atomic mass is 10.1. The second-order valence-corrected chi connectivity index (χ2v) is 7.56. The third-order valence-corrected chi connectivity index (χ3v) is 5.41. The Bertz CT molecular complexity index is 1100. The number of ether oxygens (including phenoxy) is 2. The number of methoxy groups -OCH3 is 2. The summed E-state index contributed by atoms with van der Waals surface area (Å²) in [4.78, 5) is 36.2. The molecule has 11 heteroatoms. The van der Waals surface area contributed by atoms with E-state index in [0.717, 1.165) is 17.8 Å². The van der Waals surface area contributed by atoms with E-state index in [1.54, 1.807) is 12.1 Å². The number of thioether (sulfide) groups is 1. The van der Waals surface area contributed by atoms with Crippen molar-refractivity contribution in [1.82, 2.24) is 0 Å². The van der Waals surface area contributed by atoms with Crippen LogP contribution in [0.4, 0.5) is 11.4 Å². The van der Waals surface area contributed by atoms with E-state index in [-0.39, 0.29) is 20.5 Å².